The Labute approximate surface area is 170 Å². The number of benzene rings is 3. The van der Waals surface area contributed by atoms with E-state index in [1.807, 2.05) is 25.1 Å². The van der Waals surface area contributed by atoms with E-state index in [0.717, 1.165) is 5.56 Å². The first-order valence-electron chi connectivity index (χ1n) is 8.94. The number of carbonyl (C=O) groups excluding carboxylic acids is 1. The molecule has 3 rings (SSSR count). The zero-order valence-electron chi connectivity index (χ0n) is 16.4. The van der Waals surface area contributed by atoms with Crippen molar-refractivity contribution >= 4 is 27.3 Å². The maximum Gasteiger partial charge on any atom is 0.262 e. The van der Waals surface area contributed by atoms with Gasteiger partial charge in [0.1, 0.15) is 5.75 Å². The van der Waals surface area contributed by atoms with Crippen LogP contribution in [0, 0.1) is 13.8 Å². The maximum absolute atomic E-state index is 12.9. The summed E-state index contributed by atoms with van der Waals surface area (Å²) in [5, 5.41) is 2.82. The number of methoxy groups -OCH3 is 1. The van der Waals surface area contributed by atoms with E-state index in [0.29, 0.717) is 22.7 Å². The lowest BCUT2D eigenvalue weighted by atomic mass is 10.1. The molecule has 1 amide bonds. The molecule has 0 aliphatic heterocycles. The van der Waals surface area contributed by atoms with Gasteiger partial charge >= 0.3 is 0 Å². The second-order valence-electron chi connectivity index (χ2n) is 6.58. The zero-order valence-corrected chi connectivity index (χ0v) is 17.2. The van der Waals surface area contributed by atoms with Gasteiger partial charge in [0.05, 0.1) is 12.0 Å². The zero-order chi connectivity index (χ0) is 21.0. The van der Waals surface area contributed by atoms with Crippen molar-refractivity contribution in [1.82, 2.24) is 0 Å². The molecule has 0 aromatic heterocycles. The molecule has 150 valence electrons. The highest BCUT2D eigenvalue weighted by atomic mass is 32.2. The fraction of sp³-hybridized carbons (Fsp3) is 0.136. The van der Waals surface area contributed by atoms with Crippen molar-refractivity contribution in [2.24, 2.45) is 0 Å². The van der Waals surface area contributed by atoms with Gasteiger partial charge in [0.15, 0.2) is 0 Å². The van der Waals surface area contributed by atoms with Gasteiger partial charge < -0.3 is 10.1 Å². The molecule has 0 heterocycles. The number of rotatable bonds is 6. The number of para-hydroxylation sites is 1. The molecule has 3 aromatic carbocycles. The molecule has 3 aromatic rings. The topological polar surface area (TPSA) is 84.5 Å². The van der Waals surface area contributed by atoms with E-state index >= 15 is 0 Å². The fourth-order valence-electron chi connectivity index (χ4n) is 2.81. The van der Waals surface area contributed by atoms with Crippen molar-refractivity contribution < 1.29 is 17.9 Å². The summed E-state index contributed by atoms with van der Waals surface area (Å²) >= 11 is 0. The predicted octanol–water partition coefficient (Wildman–Crippen LogP) is 4.37. The Morgan fingerprint density at radius 3 is 2.24 bits per heavy atom. The SMILES string of the molecule is COc1ccc(NS(=O)(=O)c2cc(C(=O)Nc3ccccc3C)ccc2C)cc1. The van der Waals surface area contributed by atoms with Crippen LogP contribution >= 0.6 is 0 Å². The molecular formula is C22H22N2O4S. The van der Waals surface area contributed by atoms with Crippen LogP contribution in [0.3, 0.4) is 0 Å². The highest BCUT2D eigenvalue weighted by Gasteiger charge is 2.20. The minimum absolute atomic E-state index is 0.0470. The van der Waals surface area contributed by atoms with Crippen molar-refractivity contribution in [2.45, 2.75) is 18.7 Å². The third kappa shape index (κ3) is 4.75. The molecule has 0 aliphatic rings. The van der Waals surface area contributed by atoms with Crippen LogP contribution in [-0.2, 0) is 10.0 Å². The molecular weight excluding hydrogens is 388 g/mol. The Morgan fingerprint density at radius 2 is 1.59 bits per heavy atom. The average molecular weight is 410 g/mol. The minimum Gasteiger partial charge on any atom is -0.497 e. The van der Waals surface area contributed by atoms with Crippen LogP contribution in [0.2, 0.25) is 0 Å². The monoisotopic (exact) mass is 410 g/mol. The van der Waals surface area contributed by atoms with E-state index in [2.05, 4.69) is 10.0 Å². The Kier molecular flexibility index (Phi) is 5.89. The summed E-state index contributed by atoms with van der Waals surface area (Å²) < 4.78 is 33.4. The Hall–Kier alpha value is -3.32. The number of nitrogens with one attached hydrogen (secondary N) is 2. The van der Waals surface area contributed by atoms with Gasteiger partial charge in [-0.15, -0.1) is 0 Å². The Balaban J connectivity index is 1.87. The highest BCUT2D eigenvalue weighted by molar-refractivity contribution is 7.92. The van der Waals surface area contributed by atoms with Crippen LogP contribution < -0.4 is 14.8 Å². The third-order valence-electron chi connectivity index (χ3n) is 4.48. The van der Waals surface area contributed by atoms with E-state index in [1.165, 1.54) is 13.2 Å². The van der Waals surface area contributed by atoms with Gasteiger partial charge in [-0.25, -0.2) is 8.42 Å². The summed E-state index contributed by atoms with van der Waals surface area (Å²) in [7, 11) is -2.33. The minimum atomic E-state index is -3.87. The summed E-state index contributed by atoms with van der Waals surface area (Å²) in [6, 6.07) is 18.6. The van der Waals surface area contributed by atoms with Gasteiger partial charge in [0.2, 0.25) is 0 Å². The lowest BCUT2D eigenvalue weighted by Gasteiger charge is -2.13. The third-order valence-corrected chi connectivity index (χ3v) is 6.00. The van der Waals surface area contributed by atoms with Crippen LogP contribution in [0.1, 0.15) is 21.5 Å². The van der Waals surface area contributed by atoms with E-state index in [1.54, 1.807) is 49.4 Å². The van der Waals surface area contributed by atoms with Gasteiger partial charge in [-0.1, -0.05) is 24.3 Å². The van der Waals surface area contributed by atoms with Gasteiger partial charge in [-0.3, -0.25) is 9.52 Å². The van der Waals surface area contributed by atoms with Crippen LogP contribution in [0.25, 0.3) is 0 Å². The van der Waals surface area contributed by atoms with Crippen LogP contribution in [0.4, 0.5) is 11.4 Å². The molecule has 0 aliphatic carbocycles. The second kappa shape index (κ2) is 8.36. The standard InChI is InChI=1S/C22H22N2O4S/c1-15-6-4-5-7-20(15)23-22(25)17-9-8-16(2)21(14-17)29(26,27)24-18-10-12-19(28-3)13-11-18/h4-14,24H,1-3H3,(H,23,25). The quantitative estimate of drug-likeness (QED) is 0.632. The molecule has 0 spiro atoms. The molecule has 0 saturated heterocycles. The molecule has 0 radical (unpaired) electrons. The lowest BCUT2D eigenvalue weighted by molar-refractivity contribution is 0.102. The first kappa shape index (κ1) is 20.4. The number of hydrogen-bond acceptors (Lipinski definition) is 4. The number of hydrogen-bond donors (Lipinski definition) is 2. The molecule has 7 heteroatoms. The van der Waals surface area contributed by atoms with Gasteiger partial charge in [0, 0.05) is 16.9 Å². The molecule has 0 unspecified atom stereocenters. The first-order valence-corrected chi connectivity index (χ1v) is 10.4. The van der Waals surface area contributed by atoms with Gasteiger partial charge in [-0.05, 0) is 67.4 Å². The summed E-state index contributed by atoms with van der Waals surface area (Å²) in [4.78, 5) is 12.7. The van der Waals surface area contributed by atoms with Gasteiger partial charge in [0.25, 0.3) is 15.9 Å². The summed E-state index contributed by atoms with van der Waals surface area (Å²) in [5.41, 5.74) is 2.80. The molecule has 2 N–H and O–H groups in total. The number of anilines is 2. The predicted molar refractivity (Wildman–Crippen MR) is 114 cm³/mol. The van der Waals surface area contributed by atoms with E-state index in [-0.39, 0.29) is 16.4 Å². The number of ether oxygens (including phenoxy) is 1. The van der Waals surface area contributed by atoms with Crippen LogP contribution in [0.15, 0.2) is 71.6 Å². The lowest BCUT2D eigenvalue weighted by Crippen LogP contribution is -2.17. The fourth-order valence-corrected chi connectivity index (χ4v) is 4.14. The van der Waals surface area contributed by atoms with Crippen LogP contribution in [-0.4, -0.2) is 21.4 Å². The number of carbonyl (C=O) groups is 1. The normalized spacial score (nSPS) is 11.0. The van der Waals surface area contributed by atoms with Crippen molar-refractivity contribution in [2.75, 3.05) is 17.1 Å². The van der Waals surface area contributed by atoms with E-state index < -0.39 is 10.0 Å². The van der Waals surface area contributed by atoms with Crippen molar-refractivity contribution in [3.8, 4) is 5.75 Å². The molecule has 0 fully saturated rings. The highest BCUT2D eigenvalue weighted by Crippen LogP contribution is 2.23. The first-order chi connectivity index (χ1) is 13.8. The van der Waals surface area contributed by atoms with Crippen LogP contribution in [0.5, 0.6) is 5.75 Å². The average Bonchev–Trinajstić information content (AvgIpc) is 2.70. The molecule has 29 heavy (non-hydrogen) atoms. The van der Waals surface area contributed by atoms with E-state index in [9.17, 15) is 13.2 Å². The number of amides is 1. The van der Waals surface area contributed by atoms with Crippen molar-refractivity contribution in [1.29, 1.82) is 0 Å². The molecule has 0 saturated carbocycles. The maximum atomic E-state index is 12.9. The smallest absolute Gasteiger partial charge is 0.262 e. The van der Waals surface area contributed by atoms with E-state index in [4.69, 9.17) is 4.74 Å². The number of aryl methyl sites for hydroxylation is 2. The molecule has 0 bridgehead atoms. The number of sulfonamides is 1. The molecule has 0 atom stereocenters. The second-order valence-corrected chi connectivity index (χ2v) is 8.23. The van der Waals surface area contributed by atoms with Crippen molar-refractivity contribution in [3.05, 3.63) is 83.4 Å². The Bertz CT molecular complexity index is 1140. The summed E-state index contributed by atoms with van der Waals surface area (Å²) in [6.07, 6.45) is 0. The Morgan fingerprint density at radius 1 is 0.897 bits per heavy atom. The summed E-state index contributed by atoms with van der Waals surface area (Å²) in [5.74, 6) is 0.249. The van der Waals surface area contributed by atoms with Crippen molar-refractivity contribution in [3.63, 3.8) is 0 Å². The summed E-state index contributed by atoms with van der Waals surface area (Å²) in [6.45, 7) is 3.57. The van der Waals surface area contributed by atoms with Gasteiger partial charge in [-0.2, -0.15) is 0 Å². The largest absolute Gasteiger partial charge is 0.497 e. The molecule has 6 nitrogen and oxygen atoms in total.